The molecular weight excluding hydrogens is 502 g/mol. The van der Waals surface area contributed by atoms with Crippen LogP contribution in [0.5, 0.6) is 0 Å². The van der Waals surface area contributed by atoms with Crippen molar-refractivity contribution in [3.63, 3.8) is 0 Å². The van der Waals surface area contributed by atoms with Crippen LogP contribution in [0.1, 0.15) is 0 Å². The maximum Gasteiger partial charge on any atom is 0.0632 e. The molecule has 8 aromatic rings. The summed E-state index contributed by atoms with van der Waals surface area (Å²) >= 11 is 3.75. The predicted octanol–water partition coefficient (Wildman–Crippen LogP) is 10.2. The van der Waals surface area contributed by atoms with Gasteiger partial charge in [-0.3, -0.25) is 0 Å². The largest absolute Gasteiger partial charge is 0.309 e. The Kier molecular flexibility index (Phi) is 4.15. The molecule has 0 aliphatic rings. The number of hydrogen-bond donors (Lipinski definition) is 0. The first-order valence-electron chi connectivity index (χ1n) is 12.2. The number of hydrogen-bond acceptors (Lipinski definition) is 0. The summed E-state index contributed by atoms with van der Waals surface area (Å²) in [5.74, 6) is 0. The Morgan fingerprint density at radius 2 is 0.917 bits per heavy atom. The van der Waals surface area contributed by atoms with Gasteiger partial charge < -0.3 is 4.57 Å². The van der Waals surface area contributed by atoms with Crippen molar-refractivity contribution in [2.24, 2.45) is 0 Å². The van der Waals surface area contributed by atoms with Crippen molar-refractivity contribution in [2.75, 3.05) is 0 Å². The summed E-state index contributed by atoms with van der Waals surface area (Å²) in [7, 11) is 0. The van der Waals surface area contributed by atoms with E-state index in [2.05, 4.69) is 142 Å². The standard InChI is InChI=1S/C34H20BrN/c35-21-18-19-29-30(20-21)36(22-10-2-1-3-11-22)34-32(29)28-17-9-8-16-27(28)31-25-14-6-4-12-23(25)24-13-5-7-15-26(24)33(31)34/h1-20H. The number of fused-ring (bicyclic) bond motifs is 13. The van der Waals surface area contributed by atoms with E-state index in [1.807, 2.05) is 0 Å². The van der Waals surface area contributed by atoms with Crippen LogP contribution in [0, 0.1) is 0 Å². The maximum absolute atomic E-state index is 3.75. The second-order valence-corrected chi connectivity index (χ2v) is 10.4. The first kappa shape index (κ1) is 20.1. The zero-order valence-electron chi connectivity index (χ0n) is 19.4. The van der Waals surface area contributed by atoms with Crippen LogP contribution in [-0.4, -0.2) is 4.57 Å². The summed E-state index contributed by atoms with van der Waals surface area (Å²) in [6, 6.07) is 44.1. The summed E-state index contributed by atoms with van der Waals surface area (Å²) in [6.07, 6.45) is 0. The molecule has 0 saturated carbocycles. The van der Waals surface area contributed by atoms with Gasteiger partial charge in [0.2, 0.25) is 0 Å². The molecule has 8 rings (SSSR count). The summed E-state index contributed by atoms with van der Waals surface area (Å²) in [5, 5.41) is 13.0. The molecule has 0 radical (unpaired) electrons. The summed E-state index contributed by atoms with van der Waals surface area (Å²) < 4.78 is 3.55. The Morgan fingerprint density at radius 1 is 0.417 bits per heavy atom. The van der Waals surface area contributed by atoms with Gasteiger partial charge in [-0.25, -0.2) is 0 Å². The van der Waals surface area contributed by atoms with E-state index >= 15 is 0 Å². The first-order chi connectivity index (χ1) is 17.8. The van der Waals surface area contributed by atoms with E-state index in [0.29, 0.717) is 0 Å². The van der Waals surface area contributed by atoms with Gasteiger partial charge in [-0.15, -0.1) is 0 Å². The van der Waals surface area contributed by atoms with Crippen molar-refractivity contribution in [3.05, 3.63) is 126 Å². The van der Waals surface area contributed by atoms with Crippen molar-refractivity contribution in [1.29, 1.82) is 0 Å². The minimum atomic E-state index is 1.08. The third-order valence-electron chi connectivity index (χ3n) is 7.58. The fourth-order valence-electron chi connectivity index (χ4n) is 6.20. The summed E-state index contributed by atoms with van der Waals surface area (Å²) in [4.78, 5) is 0. The van der Waals surface area contributed by atoms with Gasteiger partial charge in [0.1, 0.15) is 0 Å². The van der Waals surface area contributed by atoms with Crippen LogP contribution in [0.25, 0.3) is 70.6 Å². The van der Waals surface area contributed by atoms with E-state index in [4.69, 9.17) is 0 Å². The maximum atomic E-state index is 3.75. The third-order valence-corrected chi connectivity index (χ3v) is 8.07. The van der Waals surface area contributed by atoms with Crippen LogP contribution >= 0.6 is 15.9 Å². The topological polar surface area (TPSA) is 4.93 Å². The molecule has 0 unspecified atom stereocenters. The lowest BCUT2D eigenvalue weighted by Gasteiger charge is -2.17. The Hall–Kier alpha value is -4.14. The van der Waals surface area contributed by atoms with Crippen LogP contribution in [0.3, 0.4) is 0 Å². The van der Waals surface area contributed by atoms with E-state index < -0.39 is 0 Å². The molecule has 0 N–H and O–H groups in total. The van der Waals surface area contributed by atoms with E-state index in [9.17, 15) is 0 Å². The minimum absolute atomic E-state index is 1.08. The molecule has 0 amide bonds. The zero-order valence-corrected chi connectivity index (χ0v) is 21.0. The number of rotatable bonds is 1. The van der Waals surface area contributed by atoms with Crippen molar-refractivity contribution < 1.29 is 0 Å². The van der Waals surface area contributed by atoms with Gasteiger partial charge in [0, 0.05) is 31.7 Å². The highest BCUT2D eigenvalue weighted by atomic mass is 79.9. The van der Waals surface area contributed by atoms with Gasteiger partial charge in [0.05, 0.1) is 11.0 Å². The Labute approximate surface area is 216 Å². The Morgan fingerprint density at radius 3 is 1.56 bits per heavy atom. The molecule has 2 heteroatoms. The second-order valence-electron chi connectivity index (χ2n) is 9.44. The number of nitrogens with zero attached hydrogens (tertiary/aromatic N) is 1. The van der Waals surface area contributed by atoms with Crippen LogP contribution in [-0.2, 0) is 0 Å². The molecule has 0 fully saturated rings. The molecule has 168 valence electrons. The van der Waals surface area contributed by atoms with Gasteiger partial charge in [-0.05, 0) is 56.6 Å². The molecule has 1 nitrogen and oxygen atoms in total. The predicted molar refractivity (Wildman–Crippen MR) is 159 cm³/mol. The van der Waals surface area contributed by atoms with Crippen LogP contribution in [0.15, 0.2) is 126 Å². The van der Waals surface area contributed by atoms with Gasteiger partial charge in [-0.2, -0.15) is 0 Å². The normalized spacial score (nSPS) is 12.0. The third kappa shape index (κ3) is 2.60. The number of benzene rings is 7. The van der Waals surface area contributed by atoms with E-state index in [1.165, 1.54) is 70.6 Å². The van der Waals surface area contributed by atoms with Crippen LogP contribution < -0.4 is 0 Å². The zero-order chi connectivity index (χ0) is 23.8. The molecule has 7 aromatic carbocycles. The molecule has 0 aliphatic heterocycles. The molecule has 0 saturated heterocycles. The van der Waals surface area contributed by atoms with Crippen molar-refractivity contribution in [2.45, 2.75) is 0 Å². The van der Waals surface area contributed by atoms with Crippen molar-refractivity contribution >= 4 is 80.8 Å². The number of aromatic nitrogens is 1. The van der Waals surface area contributed by atoms with Gasteiger partial charge in [0.25, 0.3) is 0 Å². The minimum Gasteiger partial charge on any atom is -0.309 e. The molecule has 1 heterocycles. The summed E-state index contributed by atoms with van der Waals surface area (Å²) in [6.45, 7) is 0. The van der Waals surface area contributed by atoms with Crippen molar-refractivity contribution in [3.8, 4) is 5.69 Å². The Bertz CT molecular complexity index is 2150. The highest BCUT2D eigenvalue weighted by molar-refractivity contribution is 9.10. The molecule has 36 heavy (non-hydrogen) atoms. The highest BCUT2D eigenvalue weighted by Crippen LogP contribution is 2.47. The van der Waals surface area contributed by atoms with E-state index in [0.717, 1.165) is 4.47 Å². The number of halogens is 1. The smallest absolute Gasteiger partial charge is 0.0632 e. The van der Waals surface area contributed by atoms with Crippen LogP contribution in [0.2, 0.25) is 0 Å². The quantitative estimate of drug-likeness (QED) is 0.189. The van der Waals surface area contributed by atoms with Gasteiger partial charge in [-0.1, -0.05) is 113 Å². The Balaban J connectivity index is 1.84. The molecule has 1 aromatic heterocycles. The average molecular weight is 522 g/mol. The number of para-hydroxylation sites is 1. The van der Waals surface area contributed by atoms with Gasteiger partial charge >= 0.3 is 0 Å². The lowest BCUT2D eigenvalue weighted by atomic mass is 9.89. The molecule has 0 bridgehead atoms. The molecule has 0 aliphatic carbocycles. The average Bonchev–Trinajstić information content (AvgIpc) is 3.27. The first-order valence-corrected chi connectivity index (χ1v) is 13.0. The lowest BCUT2D eigenvalue weighted by Crippen LogP contribution is -1.95. The van der Waals surface area contributed by atoms with Gasteiger partial charge in [0.15, 0.2) is 0 Å². The van der Waals surface area contributed by atoms with E-state index in [1.54, 1.807) is 0 Å². The van der Waals surface area contributed by atoms with Crippen molar-refractivity contribution in [1.82, 2.24) is 4.57 Å². The van der Waals surface area contributed by atoms with Crippen LogP contribution in [0.4, 0.5) is 0 Å². The molecular formula is C34H20BrN. The van der Waals surface area contributed by atoms with E-state index in [-0.39, 0.29) is 0 Å². The SMILES string of the molecule is Brc1ccc2c3c4ccccc4c4c5ccccc5c5ccccc5c4c3n(-c3ccccc3)c2c1. The summed E-state index contributed by atoms with van der Waals surface area (Å²) in [5.41, 5.74) is 3.65. The molecule has 0 atom stereocenters. The fourth-order valence-corrected chi connectivity index (χ4v) is 6.55. The fraction of sp³-hybridized carbons (Fsp3) is 0. The molecule has 0 spiro atoms. The monoisotopic (exact) mass is 521 g/mol. The lowest BCUT2D eigenvalue weighted by molar-refractivity contribution is 1.19. The second kappa shape index (κ2) is 7.43. The highest BCUT2D eigenvalue weighted by Gasteiger charge is 2.22.